The number of carbonyl (C=O) groups excluding carboxylic acids is 1. The zero-order valence-electron chi connectivity index (χ0n) is 15.9. The zero-order valence-corrected chi connectivity index (χ0v) is 15.9. The summed E-state index contributed by atoms with van der Waals surface area (Å²) in [6, 6.07) is 0.113. The first-order chi connectivity index (χ1) is 10.7. The minimum atomic E-state index is -0.418. The molecule has 0 saturated carbocycles. The monoisotopic (exact) mass is 325 g/mol. The molecule has 1 fully saturated rings. The summed E-state index contributed by atoms with van der Waals surface area (Å²) in [5.74, 6) is 0.148. The first-order valence-electron chi connectivity index (χ1n) is 9.46. The molecule has 0 aromatic heterocycles. The van der Waals surface area contributed by atoms with Crippen molar-refractivity contribution in [2.75, 3.05) is 0 Å². The number of piperidine rings is 1. The summed E-state index contributed by atoms with van der Waals surface area (Å²) in [4.78, 5) is 12.1. The van der Waals surface area contributed by atoms with E-state index >= 15 is 0 Å². The molecule has 1 saturated heterocycles. The van der Waals surface area contributed by atoms with Crippen molar-refractivity contribution in [3.63, 3.8) is 0 Å². The molecule has 0 bridgehead atoms. The van der Waals surface area contributed by atoms with Crippen LogP contribution in [0.2, 0.25) is 0 Å². The summed E-state index contributed by atoms with van der Waals surface area (Å²) >= 11 is 0. The molecule has 0 aromatic carbocycles. The van der Waals surface area contributed by atoms with E-state index in [9.17, 15) is 10.0 Å². The van der Waals surface area contributed by atoms with Gasteiger partial charge in [-0.2, -0.15) is 0 Å². The first-order valence-corrected chi connectivity index (χ1v) is 9.46. The second-order valence-corrected chi connectivity index (χ2v) is 8.46. The fourth-order valence-corrected chi connectivity index (χ4v) is 3.91. The van der Waals surface area contributed by atoms with Gasteiger partial charge in [0.25, 0.3) is 0 Å². The molecular weight excluding hydrogens is 288 g/mol. The fraction of sp³-hybridized carbons (Fsp3) is 0.947. The Labute approximate surface area is 143 Å². The predicted molar refractivity (Wildman–Crippen MR) is 94.5 cm³/mol. The normalized spacial score (nSPS) is 21.3. The van der Waals surface area contributed by atoms with Crippen molar-refractivity contribution in [1.29, 1.82) is 0 Å². The van der Waals surface area contributed by atoms with Gasteiger partial charge in [0, 0.05) is 23.5 Å². The highest BCUT2D eigenvalue weighted by Crippen LogP contribution is 2.36. The number of nitrogens with one attached hydrogen (secondary N) is 1. The van der Waals surface area contributed by atoms with Crippen LogP contribution in [0.3, 0.4) is 0 Å². The summed E-state index contributed by atoms with van der Waals surface area (Å²) in [6.45, 7) is 10.1. The zero-order chi connectivity index (χ0) is 17.5. The second-order valence-electron chi connectivity index (χ2n) is 8.46. The number of amides is 1. The molecule has 1 aliphatic rings. The minimum absolute atomic E-state index is 0.113. The van der Waals surface area contributed by atoms with Crippen molar-refractivity contribution in [2.24, 2.45) is 0 Å². The van der Waals surface area contributed by atoms with E-state index in [4.69, 9.17) is 0 Å². The van der Waals surface area contributed by atoms with Crippen molar-refractivity contribution < 1.29 is 10.0 Å². The lowest BCUT2D eigenvalue weighted by Gasteiger charge is -2.50. The number of carbonyl (C=O) groups is 1. The van der Waals surface area contributed by atoms with Crippen molar-refractivity contribution in [2.45, 2.75) is 116 Å². The summed E-state index contributed by atoms with van der Waals surface area (Å²) in [5, 5.41) is 16.7. The Morgan fingerprint density at radius 2 is 1.43 bits per heavy atom. The number of nitrogens with zero attached hydrogens (tertiary/aromatic N) is 1. The van der Waals surface area contributed by atoms with Crippen molar-refractivity contribution in [3.05, 3.63) is 0 Å². The van der Waals surface area contributed by atoms with E-state index in [0.29, 0.717) is 6.42 Å². The Kier molecular flexibility index (Phi) is 8.02. The quantitative estimate of drug-likeness (QED) is 0.629. The molecule has 1 amide bonds. The molecular formula is C19H37N2O2. The molecule has 0 spiro atoms. The third kappa shape index (κ3) is 6.80. The number of hydroxylamine groups is 2. The molecule has 4 nitrogen and oxygen atoms in total. The van der Waals surface area contributed by atoms with Gasteiger partial charge in [0.05, 0.1) is 0 Å². The maximum atomic E-state index is 12.3. The maximum Gasteiger partial charge on any atom is 0.220 e. The smallest absolute Gasteiger partial charge is 0.220 e. The predicted octanol–water partition coefficient (Wildman–Crippen LogP) is 4.61. The topological polar surface area (TPSA) is 52.2 Å². The molecule has 1 rings (SSSR count). The average Bonchev–Trinajstić information content (AvgIpc) is 2.43. The number of unbranched alkanes of at least 4 members (excludes halogenated alkanes) is 6. The van der Waals surface area contributed by atoms with Gasteiger partial charge < -0.3 is 5.32 Å². The second kappa shape index (κ2) is 9.03. The van der Waals surface area contributed by atoms with Gasteiger partial charge in [-0.05, 0) is 47.0 Å². The SMILES string of the molecule is CCCCCCCCCC(=O)NC1CC(C)(C)N([O])C(C)(C)C1. The first kappa shape index (κ1) is 20.4. The van der Waals surface area contributed by atoms with E-state index in [1.165, 1.54) is 37.2 Å². The van der Waals surface area contributed by atoms with E-state index in [1.807, 2.05) is 27.7 Å². The summed E-state index contributed by atoms with van der Waals surface area (Å²) < 4.78 is 0. The van der Waals surface area contributed by atoms with E-state index in [-0.39, 0.29) is 11.9 Å². The number of hydrogen-bond acceptors (Lipinski definition) is 2. The van der Waals surface area contributed by atoms with Crippen molar-refractivity contribution in [1.82, 2.24) is 10.4 Å². The lowest BCUT2D eigenvalue weighted by molar-refractivity contribution is -0.290. The Morgan fingerprint density at radius 3 is 1.96 bits per heavy atom. The van der Waals surface area contributed by atoms with Crippen LogP contribution in [0.1, 0.15) is 98.8 Å². The largest absolute Gasteiger partial charge is 0.353 e. The molecule has 0 aromatic rings. The third-order valence-electron chi connectivity index (χ3n) is 4.96. The van der Waals surface area contributed by atoms with Crippen LogP contribution in [0.25, 0.3) is 0 Å². The molecule has 1 aliphatic heterocycles. The molecule has 1 heterocycles. The highest BCUT2D eigenvalue weighted by molar-refractivity contribution is 5.76. The van der Waals surface area contributed by atoms with Crippen molar-refractivity contribution >= 4 is 5.91 Å². The van der Waals surface area contributed by atoms with Gasteiger partial charge in [-0.25, -0.2) is 0 Å². The van der Waals surface area contributed by atoms with Crippen LogP contribution in [0.5, 0.6) is 0 Å². The van der Waals surface area contributed by atoms with E-state index in [2.05, 4.69) is 12.2 Å². The highest BCUT2D eigenvalue weighted by Gasteiger charge is 2.46. The van der Waals surface area contributed by atoms with Gasteiger partial charge in [0.15, 0.2) is 0 Å². The van der Waals surface area contributed by atoms with Crippen LogP contribution in [-0.2, 0) is 10.0 Å². The standard InChI is InChI=1S/C19H37N2O2/c1-6-7-8-9-10-11-12-13-17(22)20-16-14-18(2,3)21(23)19(4,5)15-16/h16H,6-15H2,1-5H3,(H,20,22). The number of hydrogen-bond donors (Lipinski definition) is 1. The molecule has 1 N–H and O–H groups in total. The van der Waals surface area contributed by atoms with E-state index in [1.54, 1.807) is 0 Å². The lowest BCUT2D eigenvalue weighted by atomic mass is 9.79. The Balaban J connectivity index is 2.26. The van der Waals surface area contributed by atoms with Gasteiger partial charge in [-0.1, -0.05) is 45.4 Å². The molecule has 1 radical (unpaired) electrons. The van der Waals surface area contributed by atoms with Gasteiger partial charge >= 0.3 is 0 Å². The van der Waals surface area contributed by atoms with Crippen LogP contribution >= 0.6 is 0 Å². The van der Waals surface area contributed by atoms with Gasteiger partial charge in [0.2, 0.25) is 5.91 Å². The van der Waals surface area contributed by atoms with Crippen LogP contribution < -0.4 is 5.32 Å². The van der Waals surface area contributed by atoms with Crippen LogP contribution in [0, 0.1) is 0 Å². The minimum Gasteiger partial charge on any atom is -0.353 e. The molecule has 0 unspecified atom stereocenters. The Bertz CT molecular complexity index is 348. The molecule has 4 heteroatoms. The Hall–Kier alpha value is -0.610. The molecule has 0 atom stereocenters. The lowest BCUT2D eigenvalue weighted by Crippen LogP contribution is -2.62. The molecule has 135 valence electrons. The van der Waals surface area contributed by atoms with Crippen LogP contribution in [-0.4, -0.2) is 28.1 Å². The van der Waals surface area contributed by atoms with Gasteiger partial charge in [-0.3, -0.25) is 4.79 Å². The average molecular weight is 326 g/mol. The summed E-state index contributed by atoms with van der Waals surface area (Å²) in [7, 11) is 0. The molecule has 23 heavy (non-hydrogen) atoms. The van der Waals surface area contributed by atoms with Gasteiger partial charge in [0.1, 0.15) is 0 Å². The third-order valence-corrected chi connectivity index (χ3v) is 4.96. The summed E-state index contributed by atoms with van der Waals surface area (Å²) in [6.07, 6.45) is 10.6. The summed E-state index contributed by atoms with van der Waals surface area (Å²) in [5.41, 5.74) is -0.835. The Morgan fingerprint density at radius 1 is 0.957 bits per heavy atom. The number of rotatable bonds is 9. The van der Waals surface area contributed by atoms with Crippen molar-refractivity contribution in [3.8, 4) is 0 Å². The highest BCUT2D eigenvalue weighted by atomic mass is 16.5. The maximum absolute atomic E-state index is 12.3. The van der Waals surface area contributed by atoms with E-state index in [0.717, 1.165) is 25.7 Å². The van der Waals surface area contributed by atoms with Gasteiger partial charge in [-0.15, -0.1) is 10.3 Å². The molecule has 0 aliphatic carbocycles. The van der Waals surface area contributed by atoms with E-state index < -0.39 is 11.1 Å². The van der Waals surface area contributed by atoms with Crippen LogP contribution in [0.4, 0.5) is 0 Å². The fourth-order valence-electron chi connectivity index (χ4n) is 3.91. The van der Waals surface area contributed by atoms with Crippen LogP contribution in [0.15, 0.2) is 0 Å².